The molecule has 0 aliphatic rings. The summed E-state index contributed by atoms with van der Waals surface area (Å²) in [5.74, 6) is 0.852. The summed E-state index contributed by atoms with van der Waals surface area (Å²) in [4.78, 5) is 7.59. The third-order valence-corrected chi connectivity index (χ3v) is 4.39. The molecule has 2 heterocycles. The van der Waals surface area contributed by atoms with E-state index in [0.717, 1.165) is 22.5 Å². The molecule has 0 spiro atoms. The van der Waals surface area contributed by atoms with Crippen LogP contribution < -0.4 is 10.2 Å². The number of pyridine rings is 1. The highest BCUT2D eigenvalue weighted by Gasteiger charge is 2.02. The Morgan fingerprint density at radius 3 is 2.89 bits per heavy atom. The van der Waals surface area contributed by atoms with Crippen LogP contribution in [0.25, 0.3) is 0 Å². The third-order valence-electron chi connectivity index (χ3n) is 2.69. The van der Waals surface area contributed by atoms with Gasteiger partial charge in [0.15, 0.2) is 0 Å². The lowest BCUT2D eigenvalue weighted by Crippen LogP contribution is -2.21. The number of aliphatic hydroxyl groups is 1. The molecule has 2 rings (SSSR count). The zero-order valence-corrected chi connectivity index (χ0v) is 13.0. The first kappa shape index (κ1) is 14.3. The maximum Gasteiger partial charge on any atom is 0.126 e. The molecule has 0 saturated carbocycles. The molecule has 19 heavy (non-hydrogen) atoms. The van der Waals surface area contributed by atoms with E-state index in [1.807, 2.05) is 30.3 Å². The molecule has 0 bridgehead atoms. The monoisotopic (exact) mass is 341 g/mol. The van der Waals surface area contributed by atoms with Gasteiger partial charge in [0.2, 0.25) is 0 Å². The van der Waals surface area contributed by atoms with E-state index >= 15 is 0 Å². The highest BCUT2D eigenvalue weighted by atomic mass is 79.9. The highest BCUT2D eigenvalue weighted by Crippen LogP contribution is 2.21. The topological polar surface area (TPSA) is 48.4 Å². The molecular weight excluding hydrogens is 326 g/mol. The van der Waals surface area contributed by atoms with Gasteiger partial charge < -0.3 is 15.3 Å². The van der Waals surface area contributed by atoms with E-state index in [2.05, 4.69) is 37.7 Å². The Hall–Kier alpha value is -1.11. The number of nitrogens with one attached hydrogen (secondary N) is 1. The average Bonchev–Trinajstić information content (AvgIpc) is 2.83. The normalized spacial score (nSPS) is 10.5. The zero-order valence-electron chi connectivity index (χ0n) is 10.6. The third kappa shape index (κ3) is 4.19. The Morgan fingerprint density at radius 2 is 2.32 bits per heavy atom. The van der Waals surface area contributed by atoms with Crippen LogP contribution in [0.3, 0.4) is 0 Å². The minimum absolute atomic E-state index is 0.143. The van der Waals surface area contributed by atoms with Crippen molar-refractivity contribution in [2.24, 2.45) is 0 Å². The highest BCUT2D eigenvalue weighted by molar-refractivity contribution is 9.10. The van der Waals surface area contributed by atoms with E-state index in [0.29, 0.717) is 6.54 Å². The van der Waals surface area contributed by atoms with Crippen molar-refractivity contribution in [1.29, 1.82) is 0 Å². The van der Waals surface area contributed by atoms with Crippen molar-refractivity contribution in [3.05, 3.63) is 39.1 Å². The van der Waals surface area contributed by atoms with Gasteiger partial charge in [-0.1, -0.05) is 0 Å². The van der Waals surface area contributed by atoms with Crippen LogP contribution in [-0.2, 0) is 6.54 Å². The molecule has 2 N–H and O–H groups in total. The lowest BCUT2D eigenvalue weighted by atomic mass is 10.3. The van der Waals surface area contributed by atoms with Crippen LogP contribution in [0.5, 0.6) is 0 Å². The maximum absolute atomic E-state index is 8.89. The molecule has 4 nitrogen and oxygen atoms in total. The van der Waals surface area contributed by atoms with Crippen LogP contribution in [-0.4, -0.2) is 30.3 Å². The second-order valence-electron chi connectivity index (χ2n) is 4.13. The standard InChI is InChI=1S/C13H16BrN3OS/c1-17(4-5-18)11-2-3-13(15-7-11)16-8-12-6-10(14)9-19-12/h2-3,6-7,9,18H,4-5,8H2,1H3,(H,15,16). The van der Waals surface area contributed by atoms with Gasteiger partial charge in [0.25, 0.3) is 0 Å². The molecule has 0 aromatic carbocycles. The molecule has 0 fully saturated rings. The van der Waals surface area contributed by atoms with Crippen LogP contribution in [0.15, 0.2) is 34.2 Å². The van der Waals surface area contributed by atoms with E-state index < -0.39 is 0 Å². The van der Waals surface area contributed by atoms with Crippen LogP contribution in [0.2, 0.25) is 0 Å². The number of nitrogens with zero attached hydrogens (tertiary/aromatic N) is 2. The summed E-state index contributed by atoms with van der Waals surface area (Å²) in [6.07, 6.45) is 1.81. The fourth-order valence-electron chi connectivity index (χ4n) is 1.62. The van der Waals surface area contributed by atoms with Gasteiger partial charge in [0.1, 0.15) is 5.82 Å². The van der Waals surface area contributed by atoms with Crippen molar-refractivity contribution in [2.45, 2.75) is 6.54 Å². The zero-order chi connectivity index (χ0) is 13.7. The predicted octanol–water partition coefficient (Wildman–Crippen LogP) is 2.95. The fraction of sp³-hybridized carbons (Fsp3) is 0.308. The molecule has 0 aliphatic carbocycles. The number of halogens is 1. The lowest BCUT2D eigenvalue weighted by Gasteiger charge is -2.17. The van der Waals surface area contributed by atoms with E-state index in [1.54, 1.807) is 11.3 Å². The van der Waals surface area contributed by atoms with Gasteiger partial charge in [0.05, 0.1) is 25.0 Å². The van der Waals surface area contributed by atoms with E-state index in [-0.39, 0.29) is 6.61 Å². The molecule has 0 unspecified atom stereocenters. The van der Waals surface area contributed by atoms with Gasteiger partial charge in [-0.25, -0.2) is 4.98 Å². The van der Waals surface area contributed by atoms with Gasteiger partial charge in [0, 0.05) is 28.3 Å². The minimum Gasteiger partial charge on any atom is -0.395 e. The molecule has 0 radical (unpaired) electrons. The quantitative estimate of drug-likeness (QED) is 0.848. The number of anilines is 2. The first-order valence-electron chi connectivity index (χ1n) is 5.94. The largest absolute Gasteiger partial charge is 0.395 e. The molecule has 0 saturated heterocycles. The van der Waals surface area contributed by atoms with Crippen molar-refractivity contribution in [3.63, 3.8) is 0 Å². The molecule has 0 amide bonds. The van der Waals surface area contributed by atoms with Crippen molar-refractivity contribution < 1.29 is 5.11 Å². The van der Waals surface area contributed by atoms with Crippen molar-refractivity contribution in [1.82, 2.24) is 4.98 Å². The van der Waals surface area contributed by atoms with Crippen LogP contribution in [0, 0.1) is 0 Å². The number of aliphatic hydroxyl groups excluding tert-OH is 1. The van der Waals surface area contributed by atoms with E-state index in [9.17, 15) is 0 Å². The summed E-state index contributed by atoms with van der Waals surface area (Å²) in [6, 6.07) is 6.04. The number of aromatic nitrogens is 1. The smallest absolute Gasteiger partial charge is 0.126 e. The molecule has 0 atom stereocenters. The Bertz CT molecular complexity index is 515. The van der Waals surface area contributed by atoms with E-state index in [4.69, 9.17) is 5.11 Å². The van der Waals surface area contributed by atoms with Crippen LogP contribution in [0.4, 0.5) is 11.5 Å². The number of hydrogen-bond donors (Lipinski definition) is 2. The predicted molar refractivity (Wildman–Crippen MR) is 83.9 cm³/mol. The van der Waals surface area contributed by atoms with Crippen LogP contribution in [0.1, 0.15) is 4.88 Å². The average molecular weight is 342 g/mol. The summed E-state index contributed by atoms with van der Waals surface area (Å²) < 4.78 is 1.11. The lowest BCUT2D eigenvalue weighted by molar-refractivity contribution is 0.304. The number of hydrogen-bond acceptors (Lipinski definition) is 5. The first-order chi connectivity index (χ1) is 9.19. The molecular formula is C13H16BrN3OS. The molecule has 0 aliphatic heterocycles. The SMILES string of the molecule is CN(CCO)c1ccc(NCc2cc(Br)cs2)nc1. The molecule has 102 valence electrons. The summed E-state index contributed by atoms with van der Waals surface area (Å²) >= 11 is 5.15. The van der Waals surface area contributed by atoms with Gasteiger partial charge in [-0.05, 0) is 34.1 Å². The van der Waals surface area contributed by atoms with Crippen LogP contribution >= 0.6 is 27.3 Å². The van der Waals surface area contributed by atoms with Gasteiger partial charge >= 0.3 is 0 Å². The number of thiophene rings is 1. The molecule has 6 heteroatoms. The summed E-state index contributed by atoms with van der Waals surface area (Å²) in [5, 5.41) is 14.2. The second kappa shape index (κ2) is 6.88. The Balaban J connectivity index is 1.91. The summed E-state index contributed by atoms with van der Waals surface area (Å²) in [5.41, 5.74) is 0.999. The van der Waals surface area contributed by atoms with Gasteiger partial charge in [-0.2, -0.15) is 0 Å². The Kier molecular flexibility index (Phi) is 5.18. The molecule has 2 aromatic heterocycles. The first-order valence-corrected chi connectivity index (χ1v) is 7.61. The summed E-state index contributed by atoms with van der Waals surface area (Å²) in [6.45, 7) is 1.52. The number of likely N-dealkylation sites (N-methyl/N-ethyl adjacent to an activating group) is 1. The maximum atomic E-state index is 8.89. The number of rotatable bonds is 6. The van der Waals surface area contributed by atoms with Crippen molar-refractivity contribution in [2.75, 3.05) is 30.4 Å². The fourth-order valence-corrected chi connectivity index (χ4v) is 3.01. The van der Waals surface area contributed by atoms with Crippen molar-refractivity contribution in [3.8, 4) is 0 Å². The second-order valence-corrected chi connectivity index (χ2v) is 6.04. The Morgan fingerprint density at radius 1 is 1.47 bits per heavy atom. The van der Waals surface area contributed by atoms with Gasteiger partial charge in [-0.3, -0.25) is 0 Å². The minimum atomic E-state index is 0.143. The molecule has 2 aromatic rings. The van der Waals surface area contributed by atoms with Crippen molar-refractivity contribution >= 4 is 38.8 Å². The van der Waals surface area contributed by atoms with E-state index in [1.165, 1.54) is 4.88 Å². The summed E-state index contributed by atoms with van der Waals surface area (Å²) in [7, 11) is 1.93. The van der Waals surface area contributed by atoms with Gasteiger partial charge in [-0.15, -0.1) is 11.3 Å². The Labute approximate surface area is 125 Å².